The van der Waals surface area contributed by atoms with Crippen LogP contribution in [-0.2, 0) is 22.7 Å². The highest BCUT2D eigenvalue weighted by Gasteiger charge is 2.36. The van der Waals surface area contributed by atoms with Gasteiger partial charge in [0.25, 0.3) is 5.91 Å². The number of anilines is 1. The molecule has 0 aliphatic carbocycles. The number of imide groups is 1. The Morgan fingerprint density at radius 1 is 1.00 bits per heavy atom. The predicted molar refractivity (Wildman–Crippen MR) is 144 cm³/mol. The summed E-state index contributed by atoms with van der Waals surface area (Å²) in [5.74, 6) is 0.386. The van der Waals surface area contributed by atoms with E-state index in [9.17, 15) is 14.4 Å². The second-order valence-electron chi connectivity index (χ2n) is 9.18. The zero-order valence-electron chi connectivity index (χ0n) is 21.0. The standard InChI is InChI=1S/C29H30ClN3O4/c1-20-10-13-26(21(2)15-20)37-14-6-9-27(34)31-24-11-12-25(30)23(16-24)18-33-28(35)19-32(29(33)36)17-22-7-4-3-5-8-22/h3-5,7-8,10-13,15-16H,6,9,14,17-19H2,1-2H3,(H,31,34). The van der Waals surface area contributed by atoms with Crippen LogP contribution in [-0.4, -0.2) is 40.8 Å². The van der Waals surface area contributed by atoms with Crippen LogP contribution in [0.4, 0.5) is 10.5 Å². The van der Waals surface area contributed by atoms with E-state index in [1.807, 2.05) is 56.3 Å². The predicted octanol–water partition coefficient (Wildman–Crippen LogP) is 5.72. The number of nitrogens with zero attached hydrogens (tertiary/aromatic N) is 2. The summed E-state index contributed by atoms with van der Waals surface area (Å²) in [6.45, 7) is 4.88. The SMILES string of the molecule is Cc1ccc(OCCCC(=O)Nc2ccc(Cl)c(CN3C(=O)CN(Cc4ccccc4)C3=O)c2)c(C)c1. The van der Waals surface area contributed by atoms with Crippen LogP contribution >= 0.6 is 11.6 Å². The van der Waals surface area contributed by atoms with Crippen molar-refractivity contribution in [2.75, 3.05) is 18.5 Å². The lowest BCUT2D eigenvalue weighted by molar-refractivity contribution is -0.125. The number of aryl methyl sites for hydroxylation is 2. The van der Waals surface area contributed by atoms with Gasteiger partial charge in [0, 0.05) is 23.7 Å². The van der Waals surface area contributed by atoms with Crippen LogP contribution in [0.1, 0.15) is 35.1 Å². The second-order valence-corrected chi connectivity index (χ2v) is 9.59. The molecule has 1 aliphatic rings. The zero-order chi connectivity index (χ0) is 26.4. The van der Waals surface area contributed by atoms with Gasteiger partial charge < -0.3 is 15.0 Å². The number of rotatable bonds is 10. The Kier molecular flexibility index (Phi) is 8.46. The Hall–Kier alpha value is -3.84. The van der Waals surface area contributed by atoms with Crippen LogP contribution < -0.4 is 10.1 Å². The van der Waals surface area contributed by atoms with Gasteiger partial charge in [0.05, 0.1) is 13.2 Å². The summed E-state index contributed by atoms with van der Waals surface area (Å²) in [5.41, 5.74) is 4.33. The third-order valence-corrected chi connectivity index (χ3v) is 6.51. The zero-order valence-corrected chi connectivity index (χ0v) is 21.8. The Labute approximate surface area is 222 Å². The van der Waals surface area contributed by atoms with Gasteiger partial charge in [-0.1, -0.05) is 59.6 Å². The maximum absolute atomic E-state index is 12.9. The molecular formula is C29H30ClN3O4. The maximum Gasteiger partial charge on any atom is 0.327 e. The number of carbonyl (C=O) groups excluding carboxylic acids is 3. The Morgan fingerprint density at radius 3 is 2.54 bits per heavy atom. The third kappa shape index (κ3) is 6.89. The van der Waals surface area contributed by atoms with Crippen molar-refractivity contribution in [3.63, 3.8) is 0 Å². The van der Waals surface area contributed by atoms with E-state index < -0.39 is 0 Å². The van der Waals surface area contributed by atoms with Crippen molar-refractivity contribution in [1.82, 2.24) is 9.80 Å². The van der Waals surface area contributed by atoms with Gasteiger partial charge in [0.1, 0.15) is 12.3 Å². The molecule has 0 radical (unpaired) electrons. The molecule has 0 aromatic heterocycles. The van der Waals surface area contributed by atoms with Gasteiger partial charge in [0.15, 0.2) is 0 Å². The quantitative estimate of drug-likeness (QED) is 0.274. The largest absolute Gasteiger partial charge is 0.493 e. The lowest BCUT2D eigenvalue weighted by atomic mass is 10.1. The molecule has 0 spiro atoms. The minimum absolute atomic E-state index is 0.0198. The van der Waals surface area contributed by atoms with Gasteiger partial charge in [-0.25, -0.2) is 4.79 Å². The molecule has 3 aromatic rings. The normalized spacial score (nSPS) is 13.3. The first kappa shape index (κ1) is 26.2. The number of hydrogen-bond acceptors (Lipinski definition) is 4. The van der Waals surface area contributed by atoms with E-state index in [1.165, 1.54) is 15.4 Å². The van der Waals surface area contributed by atoms with Gasteiger partial charge in [-0.2, -0.15) is 0 Å². The van der Waals surface area contributed by atoms with Crippen LogP contribution in [0.15, 0.2) is 66.7 Å². The lowest BCUT2D eigenvalue weighted by Crippen LogP contribution is -2.32. The van der Waals surface area contributed by atoms with Gasteiger partial charge >= 0.3 is 6.03 Å². The molecule has 1 N–H and O–H groups in total. The summed E-state index contributed by atoms with van der Waals surface area (Å²) in [4.78, 5) is 40.7. The minimum atomic E-state index is -0.358. The highest BCUT2D eigenvalue weighted by atomic mass is 35.5. The highest BCUT2D eigenvalue weighted by Crippen LogP contribution is 2.25. The summed E-state index contributed by atoms with van der Waals surface area (Å²) in [6, 6.07) is 20.2. The fourth-order valence-corrected chi connectivity index (χ4v) is 4.40. The average molecular weight is 520 g/mol. The van der Waals surface area contributed by atoms with E-state index >= 15 is 0 Å². The Morgan fingerprint density at radius 2 is 1.78 bits per heavy atom. The summed E-state index contributed by atoms with van der Waals surface area (Å²) in [7, 11) is 0. The van der Waals surface area contributed by atoms with Crippen LogP contribution in [0, 0.1) is 13.8 Å². The molecule has 3 aromatic carbocycles. The summed E-state index contributed by atoms with van der Waals surface area (Å²) < 4.78 is 5.80. The Bertz CT molecular complexity index is 1300. The lowest BCUT2D eigenvalue weighted by Gasteiger charge is -2.18. The monoisotopic (exact) mass is 519 g/mol. The van der Waals surface area contributed by atoms with Crippen molar-refractivity contribution in [3.8, 4) is 5.75 Å². The number of halogens is 1. The van der Waals surface area contributed by atoms with E-state index in [4.69, 9.17) is 16.3 Å². The van der Waals surface area contributed by atoms with Crippen LogP contribution in [0.2, 0.25) is 5.02 Å². The highest BCUT2D eigenvalue weighted by molar-refractivity contribution is 6.31. The molecule has 1 aliphatic heterocycles. The molecule has 4 rings (SSSR count). The Balaban J connectivity index is 1.30. The molecule has 4 amide bonds. The van der Waals surface area contributed by atoms with Gasteiger partial charge in [-0.3, -0.25) is 14.5 Å². The van der Waals surface area contributed by atoms with Crippen LogP contribution in [0.3, 0.4) is 0 Å². The molecule has 0 bridgehead atoms. The number of benzene rings is 3. The first-order chi connectivity index (χ1) is 17.8. The van der Waals surface area contributed by atoms with E-state index in [2.05, 4.69) is 11.4 Å². The van der Waals surface area contributed by atoms with Gasteiger partial charge in [-0.05, 0) is 61.2 Å². The average Bonchev–Trinajstić information content (AvgIpc) is 3.12. The molecule has 1 heterocycles. The van der Waals surface area contributed by atoms with Crippen LogP contribution in [0.5, 0.6) is 5.75 Å². The minimum Gasteiger partial charge on any atom is -0.493 e. The summed E-state index contributed by atoms with van der Waals surface area (Å²) >= 11 is 6.36. The molecule has 192 valence electrons. The van der Waals surface area contributed by atoms with Crippen molar-refractivity contribution in [2.24, 2.45) is 0 Å². The number of amides is 4. The van der Waals surface area contributed by atoms with Gasteiger partial charge in [-0.15, -0.1) is 0 Å². The molecule has 0 saturated carbocycles. The number of ether oxygens (including phenoxy) is 1. The fraction of sp³-hybridized carbons (Fsp3) is 0.276. The smallest absolute Gasteiger partial charge is 0.327 e. The number of urea groups is 1. The van der Waals surface area contributed by atoms with E-state index in [0.717, 1.165) is 16.9 Å². The summed E-state index contributed by atoms with van der Waals surface area (Å²) in [6.07, 6.45) is 0.855. The molecule has 1 saturated heterocycles. The first-order valence-electron chi connectivity index (χ1n) is 12.2. The first-order valence-corrected chi connectivity index (χ1v) is 12.6. The van der Waals surface area contributed by atoms with Crippen molar-refractivity contribution in [1.29, 1.82) is 0 Å². The molecule has 8 heteroatoms. The van der Waals surface area contributed by atoms with Crippen molar-refractivity contribution < 1.29 is 19.1 Å². The molecule has 0 unspecified atom stereocenters. The second kappa shape index (κ2) is 11.9. The van der Waals surface area contributed by atoms with Crippen molar-refractivity contribution >= 4 is 35.1 Å². The van der Waals surface area contributed by atoms with Gasteiger partial charge in [0.2, 0.25) is 5.91 Å². The number of carbonyl (C=O) groups is 3. The molecule has 7 nitrogen and oxygen atoms in total. The molecular weight excluding hydrogens is 490 g/mol. The molecule has 37 heavy (non-hydrogen) atoms. The number of hydrogen-bond donors (Lipinski definition) is 1. The van der Waals surface area contributed by atoms with E-state index in [1.54, 1.807) is 18.2 Å². The number of nitrogens with one attached hydrogen (secondary N) is 1. The topological polar surface area (TPSA) is 79.0 Å². The molecule has 1 fully saturated rings. The fourth-order valence-electron chi connectivity index (χ4n) is 4.22. The van der Waals surface area contributed by atoms with Crippen molar-refractivity contribution in [2.45, 2.75) is 39.8 Å². The maximum atomic E-state index is 12.9. The van der Waals surface area contributed by atoms with Crippen molar-refractivity contribution in [3.05, 3.63) is 94.0 Å². The van der Waals surface area contributed by atoms with Crippen LogP contribution in [0.25, 0.3) is 0 Å². The molecule has 0 atom stereocenters. The van der Waals surface area contributed by atoms with E-state index in [-0.39, 0.29) is 30.9 Å². The third-order valence-electron chi connectivity index (χ3n) is 6.14. The van der Waals surface area contributed by atoms with E-state index in [0.29, 0.717) is 42.3 Å². The summed E-state index contributed by atoms with van der Waals surface area (Å²) in [5, 5.41) is 3.28.